The van der Waals surface area contributed by atoms with Crippen LogP contribution in [-0.4, -0.2) is 39.5 Å². The lowest BCUT2D eigenvalue weighted by Crippen LogP contribution is -2.44. The van der Waals surface area contributed by atoms with E-state index in [1.54, 1.807) is 36.4 Å². The maximum Gasteiger partial charge on any atom is 0.241 e. The second-order valence-corrected chi connectivity index (χ2v) is 13.6. The van der Waals surface area contributed by atoms with Gasteiger partial charge in [0.2, 0.25) is 20.0 Å². The lowest BCUT2D eigenvalue weighted by molar-refractivity contribution is -0.109. The van der Waals surface area contributed by atoms with E-state index in [1.807, 2.05) is 24.3 Å². The van der Waals surface area contributed by atoms with Crippen molar-refractivity contribution in [2.24, 2.45) is 0 Å². The molecule has 0 aliphatic heterocycles. The predicted molar refractivity (Wildman–Crippen MR) is 151 cm³/mol. The molecule has 3 aromatic carbocycles. The summed E-state index contributed by atoms with van der Waals surface area (Å²) in [4.78, 5) is 16.0. The molecule has 0 saturated heterocycles. The predicted octanol–water partition coefficient (Wildman–Crippen LogP) is 4.61. The molecular formula is C28H28ClN3O5S2. The minimum atomic E-state index is -4.00. The summed E-state index contributed by atoms with van der Waals surface area (Å²) < 4.78 is 57.7. The van der Waals surface area contributed by atoms with Gasteiger partial charge in [0, 0.05) is 34.1 Å². The lowest BCUT2D eigenvalue weighted by atomic mass is 9.81. The smallest absolute Gasteiger partial charge is 0.241 e. The number of aromatic amines is 1. The number of halogens is 1. The fourth-order valence-corrected chi connectivity index (χ4v) is 8.05. The number of alkyl halides is 1. The van der Waals surface area contributed by atoms with Crippen LogP contribution in [-0.2, 0) is 24.8 Å². The maximum absolute atomic E-state index is 13.1. The molecule has 1 heterocycles. The van der Waals surface area contributed by atoms with Crippen LogP contribution in [0.2, 0.25) is 0 Å². The minimum Gasteiger partial charge on any atom is -0.358 e. The number of H-pyrrole nitrogens is 1. The van der Waals surface area contributed by atoms with Gasteiger partial charge in [-0.15, -0.1) is 11.6 Å². The van der Waals surface area contributed by atoms with Crippen molar-refractivity contribution in [2.75, 3.05) is 0 Å². The molecule has 0 spiro atoms. The van der Waals surface area contributed by atoms with Crippen LogP contribution in [0, 0.1) is 0 Å². The van der Waals surface area contributed by atoms with Crippen molar-refractivity contribution in [1.82, 2.24) is 14.4 Å². The first kappa shape index (κ1) is 27.5. The summed E-state index contributed by atoms with van der Waals surface area (Å²) in [5.74, 6) is -0.199. The summed E-state index contributed by atoms with van der Waals surface area (Å²) in [6.45, 7) is 0. The van der Waals surface area contributed by atoms with Gasteiger partial charge in [-0.25, -0.2) is 21.6 Å². The Bertz CT molecular complexity index is 1680. The standard InChI is InChI=1S/C28H28ClN3O5S2/c29-23-16-15-19(17-25(23)31-38(34,35)20-9-3-1-4-10-20)28-27(22-13-7-8-14-24(22)30-28)26(18-33)32-39(36,37)21-11-5-2-6-12-21/h1-14,18-19,23,25-26,30-32H,15-17H2. The average Bonchev–Trinajstić information content (AvgIpc) is 3.33. The van der Waals surface area contributed by atoms with Gasteiger partial charge in [0.15, 0.2) is 0 Å². The van der Waals surface area contributed by atoms with Crippen molar-refractivity contribution < 1.29 is 21.6 Å². The van der Waals surface area contributed by atoms with Gasteiger partial charge in [0.05, 0.1) is 15.2 Å². The maximum atomic E-state index is 13.1. The molecule has 4 aromatic rings. The Hall–Kier alpha value is -3.02. The van der Waals surface area contributed by atoms with Gasteiger partial charge in [-0.1, -0.05) is 54.6 Å². The number of para-hydroxylation sites is 1. The Labute approximate surface area is 232 Å². The zero-order valence-electron chi connectivity index (χ0n) is 20.8. The molecule has 0 bridgehead atoms. The molecule has 5 rings (SSSR count). The first-order valence-electron chi connectivity index (χ1n) is 12.5. The summed E-state index contributed by atoms with van der Waals surface area (Å²) >= 11 is 6.61. The minimum absolute atomic E-state index is 0.0521. The Kier molecular flexibility index (Phi) is 7.93. The molecule has 0 amide bonds. The SMILES string of the molecule is O=CC(NS(=O)(=O)c1ccccc1)c1c(C2CCC(Cl)C(NS(=O)(=O)c3ccccc3)C2)[nH]c2ccccc12. The molecule has 39 heavy (non-hydrogen) atoms. The second kappa shape index (κ2) is 11.2. The van der Waals surface area contributed by atoms with Crippen LogP contribution in [0.1, 0.15) is 42.5 Å². The molecule has 4 atom stereocenters. The highest BCUT2D eigenvalue weighted by atomic mass is 35.5. The van der Waals surface area contributed by atoms with Crippen molar-refractivity contribution in [2.45, 2.75) is 52.4 Å². The van der Waals surface area contributed by atoms with E-state index in [0.717, 1.165) is 10.9 Å². The van der Waals surface area contributed by atoms with Crippen molar-refractivity contribution in [1.29, 1.82) is 0 Å². The van der Waals surface area contributed by atoms with E-state index >= 15 is 0 Å². The topological polar surface area (TPSA) is 125 Å². The van der Waals surface area contributed by atoms with Crippen LogP contribution in [0.3, 0.4) is 0 Å². The monoisotopic (exact) mass is 585 g/mol. The Morgan fingerprint density at radius 2 is 1.41 bits per heavy atom. The first-order chi connectivity index (χ1) is 18.7. The van der Waals surface area contributed by atoms with Crippen molar-refractivity contribution in [3.63, 3.8) is 0 Å². The zero-order chi connectivity index (χ0) is 27.6. The molecule has 1 fully saturated rings. The number of carbonyl (C=O) groups excluding carboxylic acids is 1. The van der Waals surface area contributed by atoms with Crippen LogP contribution in [0.5, 0.6) is 0 Å². The molecule has 11 heteroatoms. The van der Waals surface area contributed by atoms with Gasteiger partial charge in [-0.2, -0.15) is 4.72 Å². The number of hydrogen-bond donors (Lipinski definition) is 3. The van der Waals surface area contributed by atoms with Crippen LogP contribution in [0.15, 0.2) is 94.7 Å². The molecule has 204 valence electrons. The number of sulfonamides is 2. The second-order valence-electron chi connectivity index (χ2n) is 9.61. The molecule has 1 saturated carbocycles. The first-order valence-corrected chi connectivity index (χ1v) is 15.9. The van der Waals surface area contributed by atoms with Crippen LogP contribution < -0.4 is 9.44 Å². The summed E-state index contributed by atoms with van der Waals surface area (Å²) in [6.07, 6.45) is 2.12. The summed E-state index contributed by atoms with van der Waals surface area (Å²) in [5, 5.41) is 0.292. The van der Waals surface area contributed by atoms with Crippen molar-refractivity contribution >= 4 is 48.8 Å². The highest BCUT2D eigenvalue weighted by molar-refractivity contribution is 7.89. The van der Waals surface area contributed by atoms with Gasteiger partial charge in [0.25, 0.3) is 0 Å². The Morgan fingerprint density at radius 3 is 2.05 bits per heavy atom. The average molecular weight is 586 g/mol. The summed E-state index contributed by atoms with van der Waals surface area (Å²) in [6, 6.07) is 21.6. The highest BCUT2D eigenvalue weighted by Crippen LogP contribution is 2.41. The number of rotatable bonds is 9. The van der Waals surface area contributed by atoms with E-state index in [4.69, 9.17) is 11.6 Å². The van der Waals surface area contributed by atoms with Gasteiger partial charge < -0.3 is 9.78 Å². The number of fused-ring (bicyclic) bond motifs is 1. The largest absolute Gasteiger partial charge is 0.358 e. The van der Waals surface area contributed by atoms with Gasteiger partial charge in [0.1, 0.15) is 12.3 Å². The van der Waals surface area contributed by atoms with E-state index in [2.05, 4.69) is 14.4 Å². The third-order valence-electron chi connectivity index (χ3n) is 7.09. The fourth-order valence-electron chi connectivity index (χ4n) is 5.22. The Balaban J connectivity index is 1.49. The summed E-state index contributed by atoms with van der Waals surface area (Å²) in [5.41, 5.74) is 1.97. The van der Waals surface area contributed by atoms with Gasteiger partial charge in [-0.3, -0.25) is 0 Å². The summed E-state index contributed by atoms with van der Waals surface area (Å²) in [7, 11) is -7.80. The van der Waals surface area contributed by atoms with E-state index in [-0.39, 0.29) is 15.7 Å². The van der Waals surface area contributed by atoms with Crippen molar-refractivity contribution in [3.05, 3.63) is 96.2 Å². The highest BCUT2D eigenvalue weighted by Gasteiger charge is 2.36. The number of nitrogens with one attached hydrogen (secondary N) is 3. The van der Waals surface area contributed by atoms with Gasteiger partial charge >= 0.3 is 0 Å². The number of hydrogen-bond acceptors (Lipinski definition) is 5. The third-order valence-corrected chi connectivity index (χ3v) is 10.6. The molecule has 0 radical (unpaired) electrons. The number of aldehydes is 1. The molecule has 1 aromatic heterocycles. The van der Waals surface area contributed by atoms with Crippen LogP contribution in [0.25, 0.3) is 10.9 Å². The van der Waals surface area contributed by atoms with E-state index in [0.29, 0.717) is 36.8 Å². The number of benzene rings is 3. The molecule has 4 unspecified atom stereocenters. The van der Waals surface area contributed by atoms with E-state index in [9.17, 15) is 21.6 Å². The van der Waals surface area contributed by atoms with Crippen LogP contribution >= 0.6 is 11.6 Å². The zero-order valence-corrected chi connectivity index (χ0v) is 23.2. The molecular weight excluding hydrogens is 558 g/mol. The number of aromatic nitrogens is 1. The van der Waals surface area contributed by atoms with Gasteiger partial charge in [-0.05, 0) is 49.6 Å². The molecule has 1 aliphatic rings. The Morgan fingerprint density at radius 1 is 0.821 bits per heavy atom. The number of carbonyl (C=O) groups is 1. The molecule has 1 aliphatic carbocycles. The fraction of sp³-hybridized carbons (Fsp3) is 0.250. The quantitative estimate of drug-likeness (QED) is 0.195. The lowest BCUT2D eigenvalue weighted by Gasteiger charge is -2.34. The van der Waals surface area contributed by atoms with E-state index < -0.39 is 37.5 Å². The third kappa shape index (κ3) is 5.80. The van der Waals surface area contributed by atoms with Crippen LogP contribution in [0.4, 0.5) is 0 Å². The molecule has 3 N–H and O–H groups in total. The normalized spacial score (nSPS) is 21.0. The van der Waals surface area contributed by atoms with Crippen molar-refractivity contribution in [3.8, 4) is 0 Å². The molecule has 8 nitrogen and oxygen atoms in total. The van der Waals surface area contributed by atoms with E-state index in [1.165, 1.54) is 24.3 Å².